The quantitative estimate of drug-likeness (QED) is 0.378. The molecule has 6 nitrogen and oxygen atoms in total. The number of hydrogen-bond acceptors (Lipinski definition) is 6. The molecule has 6 heteroatoms. The first-order chi connectivity index (χ1) is 10.7. The van der Waals surface area contributed by atoms with Crippen molar-refractivity contribution in [1.82, 2.24) is 4.98 Å². The number of nitrogens with zero attached hydrogens (tertiary/aromatic N) is 2. The second-order valence-electron chi connectivity index (χ2n) is 4.96. The molecule has 0 bridgehead atoms. The molecule has 1 aliphatic carbocycles. The highest BCUT2D eigenvalue weighted by Crippen LogP contribution is 2.33. The first-order valence-electron chi connectivity index (χ1n) is 7.30. The van der Waals surface area contributed by atoms with Crippen molar-refractivity contribution in [2.24, 2.45) is 10.9 Å². The third-order valence-electron chi connectivity index (χ3n) is 3.54. The Morgan fingerprint density at radius 3 is 2.77 bits per heavy atom. The lowest BCUT2D eigenvalue weighted by molar-refractivity contribution is -0.138. The van der Waals surface area contributed by atoms with E-state index in [0.29, 0.717) is 11.6 Å². The van der Waals surface area contributed by atoms with Gasteiger partial charge in [-0.1, -0.05) is 6.42 Å². The van der Waals surface area contributed by atoms with Crippen molar-refractivity contribution >= 4 is 17.9 Å². The minimum Gasteiger partial charge on any atom is -0.511 e. The van der Waals surface area contributed by atoms with Crippen LogP contribution in [0.5, 0.6) is 5.88 Å². The molecule has 22 heavy (non-hydrogen) atoms. The van der Waals surface area contributed by atoms with Crippen LogP contribution in [0.1, 0.15) is 26.2 Å². The highest BCUT2D eigenvalue weighted by Gasteiger charge is 2.27. The van der Waals surface area contributed by atoms with E-state index in [1.165, 1.54) is 19.5 Å². The third-order valence-corrected chi connectivity index (χ3v) is 3.54. The number of pyridine rings is 1. The zero-order valence-electron chi connectivity index (χ0n) is 12.8. The third kappa shape index (κ3) is 3.84. The summed E-state index contributed by atoms with van der Waals surface area (Å²) in [6, 6.07) is 3.39. The van der Waals surface area contributed by atoms with E-state index < -0.39 is 5.97 Å². The van der Waals surface area contributed by atoms with Crippen LogP contribution in [0.25, 0.3) is 0 Å². The number of carbonyl (C=O) groups is 1. The van der Waals surface area contributed by atoms with Crippen LogP contribution >= 0.6 is 0 Å². The predicted octanol–water partition coefficient (Wildman–Crippen LogP) is 2.97. The molecule has 1 fully saturated rings. The van der Waals surface area contributed by atoms with Gasteiger partial charge in [0, 0.05) is 18.2 Å². The average Bonchev–Trinajstić information content (AvgIpc) is 2.46. The Labute approximate surface area is 129 Å². The number of hydrogen-bond donors (Lipinski definition) is 1. The van der Waals surface area contributed by atoms with Gasteiger partial charge in [0.25, 0.3) is 0 Å². The van der Waals surface area contributed by atoms with E-state index in [4.69, 9.17) is 9.47 Å². The van der Waals surface area contributed by atoms with Crippen molar-refractivity contribution in [3.05, 3.63) is 29.7 Å². The van der Waals surface area contributed by atoms with E-state index in [0.717, 1.165) is 19.3 Å². The molecular formula is C16H20N2O4. The van der Waals surface area contributed by atoms with Crippen LogP contribution < -0.4 is 4.74 Å². The van der Waals surface area contributed by atoms with Crippen LogP contribution in [0.2, 0.25) is 0 Å². The van der Waals surface area contributed by atoms with Gasteiger partial charge in [-0.05, 0) is 25.8 Å². The molecule has 1 N–H and O–H groups in total. The van der Waals surface area contributed by atoms with E-state index in [-0.39, 0.29) is 23.9 Å². The zero-order chi connectivity index (χ0) is 15.9. The largest absolute Gasteiger partial charge is 0.511 e. The summed E-state index contributed by atoms with van der Waals surface area (Å²) in [6.07, 6.45) is 5.69. The first kappa shape index (κ1) is 16.0. The minimum absolute atomic E-state index is 0.0276. The van der Waals surface area contributed by atoms with E-state index in [9.17, 15) is 9.90 Å². The van der Waals surface area contributed by atoms with Gasteiger partial charge in [0.2, 0.25) is 5.88 Å². The molecule has 1 saturated carbocycles. The summed E-state index contributed by atoms with van der Waals surface area (Å²) < 4.78 is 9.96. The molecular weight excluding hydrogens is 284 g/mol. The van der Waals surface area contributed by atoms with Crippen molar-refractivity contribution in [2.45, 2.75) is 26.2 Å². The number of aliphatic imine (C=N–C) groups is 1. The van der Waals surface area contributed by atoms with Gasteiger partial charge in [0.05, 0.1) is 25.6 Å². The number of rotatable bonds is 6. The van der Waals surface area contributed by atoms with Crippen LogP contribution in [0.3, 0.4) is 0 Å². The van der Waals surface area contributed by atoms with Gasteiger partial charge in [-0.15, -0.1) is 0 Å². The van der Waals surface area contributed by atoms with Gasteiger partial charge >= 0.3 is 5.97 Å². The maximum atomic E-state index is 12.0. The molecule has 2 rings (SSSR count). The fourth-order valence-corrected chi connectivity index (χ4v) is 2.04. The normalized spacial score (nSPS) is 16.1. The van der Waals surface area contributed by atoms with Gasteiger partial charge < -0.3 is 14.6 Å². The van der Waals surface area contributed by atoms with Gasteiger partial charge in [-0.2, -0.15) is 0 Å². The van der Waals surface area contributed by atoms with Crippen LogP contribution in [-0.2, 0) is 9.53 Å². The minimum atomic E-state index is -0.558. The van der Waals surface area contributed by atoms with Crippen LogP contribution in [0, 0.1) is 5.92 Å². The molecule has 0 amide bonds. The lowest BCUT2D eigenvalue weighted by Crippen LogP contribution is -2.20. The van der Waals surface area contributed by atoms with Crippen molar-refractivity contribution in [3.63, 3.8) is 0 Å². The Balaban J connectivity index is 2.20. The van der Waals surface area contributed by atoms with Gasteiger partial charge in [-0.3, -0.25) is 4.99 Å². The van der Waals surface area contributed by atoms with Gasteiger partial charge in [0.1, 0.15) is 11.3 Å². The lowest BCUT2D eigenvalue weighted by Gasteiger charge is -2.25. The zero-order valence-corrected chi connectivity index (χ0v) is 12.8. The molecule has 118 valence electrons. The summed E-state index contributed by atoms with van der Waals surface area (Å²) in [5, 5.41) is 10.2. The Kier molecular flexibility index (Phi) is 5.52. The Bertz CT molecular complexity index is 574. The Morgan fingerprint density at radius 2 is 2.27 bits per heavy atom. The fraction of sp³-hybridized carbons (Fsp3) is 0.438. The number of ether oxygens (including phenoxy) is 2. The molecule has 1 aliphatic rings. The first-order valence-corrected chi connectivity index (χ1v) is 7.30. The van der Waals surface area contributed by atoms with E-state index in [1.807, 2.05) is 0 Å². The van der Waals surface area contributed by atoms with Crippen LogP contribution in [-0.4, -0.2) is 36.0 Å². The smallest absolute Gasteiger partial charge is 0.343 e. The molecule has 0 saturated heterocycles. The SMILES string of the molecule is CCOC(=O)C(C=Nc1ccc(OC)nc1)=C(O)C1CCC1. The van der Waals surface area contributed by atoms with Gasteiger partial charge in [0.15, 0.2) is 0 Å². The maximum absolute atomic E-state index is 12.0. The summed E-state index contributed by atoms with van der Waals surface area (Å²) in [4.78, 5) is 20.2. The number of aliphatic hydroxyl groups is 1. The molecule has 1 aromatic heterocycles. The maximum Gasteiger partial charge on any atom is 0.343 e. The van der Waals surface area contributed by atoms with E-state index in [1.54, 1.807) is 19.1 Å². The average molecular weight is 304 g/mol. The second-order valence-corrected chi connectivity index (χ2v) is 4.96. The molecule has 0 aliphatic heterocycles. The standard InChI is InChI=1S/C16H20N2O4/c1-3-22-16(20)13(15(19)11-5-4-6-11)10-17-12-7-8-14(21-2)18-9-12/h7-11,19H,3-6H2,1-2H3. The number of methoxy groups -OCH3 is 1. The molecule has 0 atom stereocenters. The van der Waals surface area contributed by atoms with E-state index in [2.05, 4.69) is 9.98 Å². The highest BCUT2D eigenvalue weighted by molar-refractivity contribution is 6.10. The fourth-order valence-electron chi connectivity index (χ4n) is 2.04. The summed E-state index contributed by atoms with van der Waals surface area (Å²) in [5.74, 6) is 0.0179. The van der Waals surface area contributed by atoms with Crippen molar-refractivity contribution in [1.29, 1.82) is 0 Å². The topological polar surface area (TPSA) is 81.0 Å². The molecule has 1 heterocycles. The summed E-state index contributed by atoms with van der Waals surface area (Å²) in [6.45, 7) is 1.97. The van der Waals surface area contributed by atoms with Gasteiger partial charge in [-0.25, -0.2) is 9.78 Å². The van der Waals surface area contributed by atoms with Crippen molar-refractivity contribution in [3.8, 4) is 5.88 Å². The molecule has 0 spiro atoms. The Morgan fingerprint density at radius 1 is 1.50 bits per heavy atom. The number of allylic oxidation sites excluding steroid dienone is 1. The summed E-state index contributed by atoms with van der Waals surface area (Å²) >= 11 is 0. The Hall–Kier alpha value is -2.37. The van der Waals surface area contributed by atoms with Crippen molar-refractivity contribution < 1.29 is 19.4 Å². The summed E-state index contributed by atoms with van der Waals surface area (Å²) in [5.41, 5.74) is 0.673. The van der Waals surface area contributed by atoms with E-state index >= 15 is 0 Å². The number of esters is 1. The molecule has 0 aromatic carbocycles. The molecule has 0 unspecified atom stereocenters. The van der Waals surface area contributed by atoms with Crippen LogP contribution in [0.15, 0.2) is 34.7 Å². The predicted molar refractivity (Wildman–Crippen MR) is 82.6 cm³/mol. The van der Waals surface area contributed by atoms with Crippen LogP contribution in [0.4, 0.5) is 5.69 Å². The molecule has 0 radical (unpaired) electrons. The highest BCUT2D eigenvalue weighted by atomic mass is 16.5. The lowest BCUT2D eigenvalue weighted by atomic mass is 9.82. The van der Waals surface area contributed by atoms with Crippen molar-refractivity contribution in [2.75, 3.05) is 13.7 Å². The second kappa shape index (κ2) is 7.59. The molecule has 1 aromatic rings. The monoisotopic (exact) mass is 304 g/mol. The number of carbonyl (C=O) groups excluding carboxylic acids is 1. The summed E-state index contributed by atoms with van der Waals surface area (Å²) in [7, 11) is 1.53. The number of aliphatic hydroxyl groups excluding tert-OH is 1. The number of aromatic nitrogens is 1.